The lowest BCUT2D eigenvalue weighted by molar-refractivity contribution is 0.370. The van der Waals surface area contributed by atoms with Gasteiger partial charge in [-0.3, -0.25) is 0 Å². The van der Waals surface area contributed by atoms with Crippen LogP contribution in [0.2, 0.25) is 0 Å². The Bertz CT molecular complexity index is 517. The van der Waals surface area contributed by atoms with Crippen LogP contribution in [0.5, 0.6) is 0 Å². The van der Waals surface area contributed by atoms with E-state index in [4.69, 9.17) is 4.52 Å². The molecule has 0 saturated heterocycles. The smallest absolute Gasteiger partial charge is 0.141 e. The number of benzene rings is 1. The number of aromatic nitrogens is 1. The number of rotatable bonds is 3. The highest BCUT2D eigenvalue weighted by atomic mass is 32.2. The van der Waals surface area contributed by atoms with E-state index in [1.165, 1.54) is 17.5 Å². The van der Waals surface area contributed by atoms with Crippen molar-refractivity contribution in [3.8, 4) is 0 Å². The second kappa shape index (κ2) is 4.22. The van der Waals surface area contributed by atoms with Crippen LogP contribution < -0.4 is 0 Å². The fraction of sp³-hybridized carbons (Fsp3) is 0.357. The zero-order valence-corrected chi connectivity index (χ0v) is 10.8. The minimum absolute atomic E-state index is 0.533. The quantitative estimate of drug-likeness (QED) is 0.765. The summed E-state index contributed by atoms with van der Waals surface area (Å²) in [4.78, 5) is 0. The molecule has 0 spiro atoms. The molecule has 0 aliphatic heterocycles. The molecule has 0 bridgehead atoms. The molecule has 1 aliphatic rings. The third kappa shape index (κ3) is 2.12. The van der Waals surface area contributed by atoms with Gasteiger partial charge in [0.05, 0.1) is 0 Å². The Morgan fingerprint density at radius 2 is 2.00 bits per heavy atom. The van der Waals surface area contributed by atoms with E-state index in [-0.39, 0.29) is 0 Å². The van der Waals surface area contributed by atoms with Crippen molar-refractivity contribution in [1.82, 2.24) is 5.16 Å². The SMILES string of the molecule is CSc1cc(C2CC2c2ccc(C)cc2)on1. The van der Waals surface area contributed by atoms with Gasteiger partial charge < -0.3 is 4.52 Å². The first kappa shape index (κ1) is 10.9. The van der Waals surface area contributed by atoms with E-state index in [0.29, 0.717) is 11.8 Å². The van der Waals surface area contributed by atoms with Gasteiger partial charge in [0, 0.05) is 12.0 Å². The molecular formula is C14H15NOS. The van der Waals surface area contributed by atoms with E-state index in [2.05, 4.69) is 42.4 Å². The van der Waals surface area contributed by atoms with Crippen molar-refractivity contribution < 1.29 is 4.52 Å². The highest BCUT2D eigenvalue weighted by molar-refractivity contribution is 7.98. The first-order valence-corrected chi connectivity index (χ1v) is 7.07. The molecule has 2 nitrogen and oxygen atoms in total. The molecular weight excluding hydrogens is 230 g/mol. The number of nitrogens with zero attached hydrogens (tertiary/aromatic N) is 1. The Labute approximate surface area is 105 Å². The number of hydrogen-bond acceptors (Lipinski definition) is 3. The fourth-order valence-electron chi connectivity index (χ4n) is 2.23. The predicted molar refractivity (Wildman–Crippen MR) is 69.6 cm³/mol. The summed E-state index contributed by atoms with van der Waals surface area (Å²) in [7, 11) is 0. The summed E-state index contributed by atoms with van der Waals surface area (Å²) >= 11 is 1.63. The van der Waals surface area contributed by atoms with Crippen LogP contribution in [0, 0.1) is 6.92 Å². The maximum absolute atomic E-state index is 5.38. The van der Waals surface area contributed by atoms with Crippen LogP contribution in [0.25, 0.3) is 0 Å². The second-order valence-corrected chi connectivity index (χ2v) is 5.46. The van der Waals surface area contributed by atoms with Crippen molar-refractivity contribution in [3.05, 3.63) is 47.2 Å². The van der Waals surface area contributed by atoms with Crippen LogP contribution in [-0.4, -0.2) is 11.4 Å². The Balaban J connectivity index is 1.75. The lowest BCUT2D eigenvalue weighted by Crippen LogP contribution is -1.82. The minimum atomic E-state index is 0.533. The summed E-state index contributed by atoms with van der Waals surface area (Å²) in [6.45, 7) is 2.12. The molecule has 1 saturated carbocycles. The van der Waals surface area contributed by atoms with E-state index in [9.17, 15) is 0 Å². The molecule has 0 amide bonds. The maximum atomic E-state index is 5.38. The molecule has 1 aromatic carbocycles. The lowest BCUT2D eigenvalue weighted by Gasteiger charge is -1.99. The van der Waals surface area contributed by atoms with E-state index >= 15 is 0 Å². The van der Waals surface area contributed by atoms with Gasteiger partial charge >= 0.3 is 0 Å². The molecule has 1 fully saturated rings. The predicted octanol–water partition coefficient (Wildman–Crippen LogP) is 3.98. The van der Waals surface area contributed by atoms with Crippen molar-refractivity contribution in [1.29, 1.82) is 0 Å². The second-order valence-electron chi connectivity index (χ2n) is 4.63. The van der Waals surface area contributed by atoms with Crippen molar-refractivity contribution in [3.63, 3.8) is 0 Å². The Hall–Kier alpha value is -1.22. The third-order valence-corrected chi connectivity index (χ3v) is 3.99. The van der Waals surface area contributed by atoms with Gasteiger partial charge in [0.2, 0.25) is 0 Å². The minimum Gasteiger partial charge on any atom is -0.360 e. The van der Waals surface area contributed by atoms with Gasteiger partial charge in [0.15, 0.2) is 0 Å². The van der Waals surface area contributed by atoms with E-state index in [1.807, 2.05) is 6.26 Å². The highest BCUT2D eigenvalue weighted by Gasteiger charge is 2.42. The van der Waals surface area contributed by atoms with Crippen molar-refractivity contribution in [2.45, 2.75) is 30.2 Å². The number of aryl methyl sites for hydroxylation is 1. The normalized spacial score (nSPS) is 22.7. The molecule has 3 rings (SSSR count). The Morgan fingerprint density at radius 3 is 2.65 bits per heavy atom. The van der Waals surface area contributed by atoms with Crippen LogP contribution in [-0.2, 0) is 0 Å². The first-order valence-electron chi connectivity index (χ1n) is 5.85. The van der Waals surface area contributed by atoms with Crippen molar-refractivity contribution >= 4 is 11.8 Å². The largest absolute Gasteiger partial charge is 0.360 e. The topological polar surface area (TPSA) is 26.0 Å². The number of thioether (sulfide) groups is 1. The zero-order chi connectivity index (χ0) is 11.8. The van der Waals surface area contributed by atoms with Crippen molar-refractivity contribution in [2.24, 2.45) is 0 Å². The molecule has 1 aromatic heterocycles. The Morgan fingerprint density at radius 1 is 1.24 bits per heavy atom. The molecule has 1 heterocycles. The molecule has 0 N–H and O–H groups in total. The molecule has 0 radical (unpaired) electrons. The molecule has 1 aliphatic carbocycles. The first-order chi connectivity index (χ1) is 8.28. The molecule has 2 unspecified atom stereocenters. The van der Waals surface area contributed by atoms with Crippen LogP contribution in [0.3, 0.4) is 0 Å². The van der Waals surface area contributed by atoms with E-state index < -0.39 is 0 Å². The molecule has 88 valence electrons. The standard InChI is InChI=1S/C14H15NOS/c1-9-3-5-10(6-4-9)11-7-12(11)13-8-14(17-2)15-16-13/h3-6,8,11-12H,7H2,1-2H3. The zero-order valence-electron chi connectivity index (χ0n) is 10.0. The van der Waals surface area contributed by atoms with Crippen LogP contribution in [0.4, 0.5) is 0 Å². The maximum Gasteiger partial charge on any atom is 0.141 e. The highest BCUT2D eigenvalue weighted by Crippen LogP contribution is 2.54. The van der Waals surface area contributed by atoms with Gasteiger partial charge in [-0.25, -0.2) is 0 Å². The van der Waals surface area contributed by atoms with Crippen LogP contribution in [0.1, 0.15) is 35.1 Å². The molecule has 2 atom stereocenters. The lowest BCUT2D eigenvalue weighted by atomic mass is 10.1. The summed E-state index contributed by atoms with van der Waals surface area (Å²) in [6, 6.07) is 10.9. The van der Waals surface area contributed by atoms with Crippen LogP contribution >= 0.6 is 11.8 Å². The third-order valence-electron chi connectivity index (χ3n) is 3.38. The van der Waals surface area contributed by atoms with E-state index in [0.717, 1.165) is 10.8 Å². The summed E-state index contributed by atoms with van der Waals surface area (Å²) in [5.74, 6) is 2.20. The average Bonchev–Trinajstić information content (AvgIpc) is 3.00. The van der Waals surface area contributed by atoms with E-state index in [1.54, 1.807) is 11.8 Å². The number of hydrogen-bond donors (Lipinski definition) is 0. The van der Waals surface area contributed by atoms with Gasteiger partial charge in [-0.1, -0.05) is 35.0 Å². The molecule has 2 aromatic rings. The van der Waals surface area contributed by atoms with Gasteiger partial charge in [0.25, 0.3) is 0 Å². The monoisotopic (exact) mass is 245 g/mol. The van der Waals surface area contributed by atoms with Gasteiger partial charge in [-0.15, -0.1) is 11.8 Å². The summed E-state index contributed by atoms with van der Waals surface area (Å²) in [5, 5.41) is 5.01. The van der Waals surface area contributed by atoms with Crippen LogP contribution in [0.15, 0.2) is 39.9 Å². The molecule has 3 heteroatoms. The summed E-state index contributed by atoms with van der Waals surface area (Å²) in [5.41, 5.74) is 2.73. The molecule has 17 heavy (non-hydrogen) atoms. The summed E-state index contributed by atoms with van der Waals surface area (Å²) in [6.07, 6.45) is 3.21. The average molecular weight is 245 g/mol. The van der Waals surface area contributed by atoms with Gasteiger partial charge in [0.1, 0.15) is 10.8 Å². The van der Waals surface area contributed by atoms with Gasteiger partial charge in [-0.2, -0.15) is 0 Å². The Kier molecular flexibility index (Phi) is 2.71. The fourth-order valence-corrected chi connectivity index (χ4v) is 2.58. The van der Waals surface area contributed by atoms with Gasteiger partial charge in [-0.05, 0) is 31.1 Å². The summed E-state index contributed by atoms with van der Waals surface area (Å²) < 4.78 is 5.38. The van der Waals surface area contributed by atoms with Crippen molar-refractivity contribution in [2.75, 3.05) is 6.26 Å².